The Balaban J connectivity index is 2.27. The topological polar surface area (TPSA) is 66.7 Å². The van der Waals surface area contributed by atoms with Crippen LogP contribution in [0.3, 0.4) is 0 Å². The Kier molecular flexibility index (Phi) is 4.92. The van der Waals surface area contributed by atoms with Crippen LogP contribution in [0.25, 0.3) is 0 Å². The molecule has 0 atom stereocenters. The number of amides is 1. The van der Waals surface area contributed by atoms with E-state index >= 15 is 0 Å². The highest BCUT2D eigenvalue weighted by Gasteiger charge is 2.24. The number of carbonyl (C=O) groups is 1. The smallest absolute Gasteiger partial charge is 0.269 e. The largest absolute Gasteiger partial charge is 0.368 e. The lowest BCUT2D eigenvalue weighted by Gasteiger charge is -2.37. The van der Waals surface area contributed by atoms with Crippen LogP contribution in [0.1, 0.15) is 33.3 Å². The molecule has 1 aliphatic heterocycles. The van der Waals surface area contributed by atoms with E-state index in [0.717, 1.165) is 30.8 Å². The van der Waals surface area contributed by atoms with Crippen molar-refractivity contribution in [1.82, 2.24) is 4.90 Å². The van der Waals surface area contributed by atoms with Gasteiger partial charge < -0.3 is 9.80 Å². The van der Waals surface area contributed by atoms with Gasteiger partial charge in [0, 0.05) is 50.9 Å². The number of rotatable bonds is 3. The zero-order valence-corrected chi connectivity index (χ0v) is 14.3. The molecule has 6 nitrogen and oxygen atoms in total. The molecule has 0 spiro atoms. The molecule has 1 fully saturated rings. The zero-order valence-electron chi connectivity index (χ0n) is 14.3. The molecule has 1 aromatic rings. The highest BCUT2D eigenvalue weighted by atomic mass is 16.6. The van der Waals surface area contributed by atoms with Crippen LogP contribution in [-0.4, -0.2) is 41.9 Å². The molecular formula is C17H25N3O3. The lowest BCUT2D eigenvalue weighted by atomic mass is 9.87. The monoisotopic (exact) mass is 319 g/mol. The predicted octanol–water partition coefficient (Wildman–Crippen LogP) is 2.85. The standard InChI is InChI=1S/C17H25N3O3/c1-13(21)18-7-9-19(10-8-18)16-6-5-15(20(22)23)11-14(16)12-17(2,3)4/h5-6,11H,7-10,12H2,1-4H3. The summed E-state index contributed by atoms with van der Waals surface area (Å²) in [7, 11) is 0. The molecule has 0 unspecified atom stereocenters. The first-order chi connectivity index (χ1) is 10.7. The lowest BCUT2D eigenvalue weighted by Crippen LogP contribution is -2.48. The van der Waals surface area contributed by atoms with Gasteiger partial charge in [-0.1, -0.05) is 20.8 Å². The number of benzene rings is 1. The third-order valence-corrected chi connectivity index (χ3v) is 4.06. The van der Waals surface area contributed by atoms with Gasteiger partial charge in [0.25, 0.3) is 5.69 Å². The van der Waals surface area contributed by atoms with Crippen LogP contribution in [0, 0.1) is 15.5 Å². The van der Waals surface area contributed by atoms with Crippen molar-refractivity contribution in [2.24, 2.45) is 5.41 Å². The summed E-state index contributed by atoms with van der Waals surface area (Å²) in [6.45, 7) is 10.9. The number of hydrogen-bond donors (Lipinski definition) is 0. The Morgan fingerprint density at radius 1 is 1.22 bits per heavy atom. The van der Waals surface area contributed by atoms with E-state index in [1.54, 1.807) is 19.1 Å². The summed E-state index contributed by atoms with van der Waals surface area (Å²) in [6.07, 6.45) is 0.775. The number of nitrogens with zero attached hydrogens (tertiary/aromatic N) is 3. The minimum atomic E-state index is -0.344. The van der Waals surface area contributed by atoms with E-state index in [2.05, 4.69) is 25.7 Å². The van der Waals surface area contributed by atoms with Crippen molar-refractivity contribution in [2.75, 3.05) is 31.1 Å². The maximum Gasteiger partial charge on any atom is 0.269 e. The van der Waals surface area contributed by atoms with Crippen LogP contribution in [0.5, 0.6) is 0 Å². The van der Waals surface area contributed by atoms with Crippen molar-refractivity contribution in [1.29, 1.82) is 0 Å². The molecule has 1 amide bonds. The number of carbonyl (C=O) groups excluding carboxylic acids is 1. The van der Waals surface area contributed by atoms with E-state index in [4.69, 9.17) is 0 Å². The molecule has 126 valence electrons. The second-order valence-electron chi connectivity index (χ2n) is 7.30. The Bertz CT molecular complexity index is 600. The summed E-state index contributed by atoms with van der Waals surface area (Å²) in [5.41, 5.74) is 2.23. The van der Waals surface area contributed by atoms with Crippen LogP contribution < -0.4 is 4.90 Å². The third-order valence-electron chi connectivity index (χ3n) is 4.06. The molecule has 0 saturated carbocycles. The van der Waals surface area contributed by atoms with Gasteiger partial charge in [-0.25, -0.2) is 0 Å². The van der Waals surface area contributed by atoms with Crippen LogP contribution >= 0.6 is 0 Å². The molecule has 1 aromatic carbocycles. The molecule has 23 heavy (non-hydrogen) atoms. The van der Waals surface area contributed by atoms with Gasteiger partial charge in [0.2, 0.25) is 5.91 Å². The minimum Gasteiger partial charge on any atom is -0.368 e. The molecule has 1 saturated heterocycles. The van der Waals surface area contributed by atoms with Crippen LogP contribution in [0.4, 0.5) is 11.4 Å². The summed E-state index contributed by atoms with van der Waals surface area (Å²) in [5, 5.41) is 11.1. The summed E-state index contributed by atoms with van der Waals surface area (Å²) >= 11 is 0. The van der Waals surface area contributed by atoms with E-state index in [1.807, 2.05) is 11.0 Å². The summed E-state index contributed by atoms with van der Waals surface area (Å²) < 4.78 is 0. The average Bonchev–Trinajstić information content (AvgIpc) is 2.45. The minimum absolute atomic E-state index is 0.0468. The number of anilines is 1. The average molecular weight is 319 g/mol. The fourth-order valence-corrected chi connectivity index (χ4v) is 2.97. The molecule has 6 heteroatoms. The molecule has 2 rings (SSSR count). The normalized spacial score (nSPS) is 15.7. The van der Waals surface area contributed by atoms with Gasteiger partial charge in [-0.2, -0.15) is 0 Å². The second kappa shape index (κ2) is 6.56. The third kappa shape index (κ3) is 4.43. The predicted molar refractivity (Wildman–Crippen MR) is 90.7 cm³/mol. The highest BCUT2D eigenvalue weighted by Crippen LogP contribution is 2.31. The number of nitro groups is 1. The molecule has 0 N–H and O–H groups in total. The molecule has 1 heterocycles. The van der Waals surface area contributed by atoms with E-state index < -0.39 is 0 Å². The van der Waals surface area contributed by atoms with E-state index in [-0.39, 0.29) is 21.9 Å². The van der Waals surface area contributed by atoms with Gasteiger partial charge in [-0.3, -0.25) is 14.9 Å². The number of piperazine rings is 1. The van der Waals surface area contributed by atoms with Crippen molar-refractivity contribution >= 4 is 17.3 Å². The van der Waals surface area contributed by atoms with Crippen molar-refractivity contribution in [3.8, 4) is 0 Å². The number of hydrogen-bond acceptors (Lipinski definition) is 4. The Hall–Kier alpha value is -2.11. The summed E-state index contributed by atoms with van der Waals surface area (Å²) in [6, 6.07) is 5.11. The van der Waals surface area contributed by atoms with Gasteiger partial charge in [0.15, 0.2) is 0 Å². The molecule has 0 radical (unpaired) electrons. The number of nitro benzene ring substituents is 1. The maximum atomic E-state index is 11.4. The van der Waals surface area contributed by atoms with Crippen molar-refractivity contribution in [3.05, 3.63) is 33.9 Å². The van der Waals surface area contributed by atoms with Crippen molar-refractivity contribution < 1.29 is 9.72 Å². The van der Waals surface area contributed by atoms with Gasteiger partial charge >= 0.3 is 0 Å². The second-order valence-corrected chi connectivity index (χ2v) is 7.30. The lowest BCUT2D eigenvalue weighted by molar-refractivity contribution is -0.384. The van der Waals surface area contributed by atoms with E-state index in [1.165, 1.54) is 0 Å². The van der Waals surface area contributed by atoms with E-state index in [0.29, 0.717) is 13.1 Å². The van der Waals surface area contributed by atoms with Crippen molar-refractivity contribution in [3.63, 3.8) is 0 Å². The molecule has 0 aliphatic carbocycles. The Labute approximate surface area is 137 Å². The van der Waals surface area contributed by atoms with E-state index in [9.17, 15) is 14.9 Å². The van der Waals surface area contributed by atoms with Gasteiger partial charge in [0.1, 0.15) is 0 Å². The fourth-order valence-electron chi connectivity index (χ4n) is 2.97. The van der Waals surface area contributed by atoms with Crippen molar-refractivity contribution in [2.45, 2.75) is 34.1 Å². The van der Waals surface area contributed by atoms with Crippen LogP contribution in [0.15, 0.2) is 18.2 Å². The van der Waals surface area contributed by atoms with Crippen LogP contribution in [0.2, 0.25) is 0 Å². The fraction of sp³-hybridized carbons (Fsp3) is 0.588. The Morgan fingerprint density at radius 2 is 1.83 bits per heavy atom. The molecule has 0 bridgehead atoms. The first-order valence-corrected chi connectivity index (χ1v) is 7.95. The van der Waals surface area contributed by atoms with Gasteiger partial charge in [0.05, 0.1) is 4.92 Å². The molecular weight excluding hydrogens is 294 g/mol. The van der Waals surface area contributed by atoms with Gasteiger partial charge in [-0.05, 0) is 23.5 Å². The highest BCUT2D eigenvalue weighted by molar-refractivity contribution is 5.73. The Morgan fingerprint density at radius 3 is 2.30 bits per heavy atom. The summed E-state index contributed by atoms with van der Waals surface area (Å²) in [4.78, 5) is 26.2. The molecule has 1 aliphatic rings. The first-order valence-electron chi connectivity index (χ1n) is 7.95. The quantitative estimate of drug-likeness (QED) is 0.634. The first kappa shape index (κ1) is 17.2. The van der Waals surface area contributed by atoms with Crippen LogP contribution in [-0.2, 0) is 11.2 Å². The zero-order chi connectivity index (χ0) is 17.2. The SMILES string of the molecule is CC(=O)N1CCN(c2ccc([N+](=O)[O-])cc2CC(C)(C)C)CC1. The maximum absolute atomic E-state index is 11.4. The summed E-state index contributed by atoms with van der Waals surface area (Å²) in [5.74, 6) is 0.100. The number of non-ortho nitro benzene ring substituents is 1. The van der Waals surface area contributed by atoms with Gasteiger partial charge in [-0.15, -0.1) is 0 Å². The molecule has 0 aromatic heterocycles.